The standard InChI is InChI=1S/C36H39BrN4O7S/c1-4-5-21-38-36(43)34(22-27-9-7-6-8-10-27)39(24-28-12-14-29(37)15-13-28)35(42)25-40(30-16-18-31(48-3)19-17-30)49(46,47)32-20-11-26(2)33(23-32)41(44)45/h6-20,23,34H,4-5,21-22,24-25H2,1-3H3,(H,38,43)/t34-/m0/s1. The number of aryl methyl sites for hydroxylation is 1. The fourth-order valence-electron chi connectivity index (χ4n) is 5.20. The van der Waals surface area contributed by atoms with Crippen molar-refractivity contribution >= 4 is 49.1 Å². The van der Waals surface area contributed by atoms with Crippen molar-refractivity contribution in [3.63, 3.8) is 0 Å². The first-order valence-corrected chi connectivity index (χ1v) is 17.9. The predicted molar refractivity (Wildman–Crippen MR) is 192 cm³/mol. The summed E-state index contributed by atoms with van der Waals surface area (Å²) < 4.78 is 35.6. The SMILES string of the molecule is CCCCNC(=O)[C@H](Cc1ccccc1)N(Cc1ccc(Br)cc1)C(=O)CN(c1ccc(OC)cc1)S(=O)(=O)c1ccc(C)c([N+](=O)[O-])c1. The number of nitrogens with zero attached hydrogens (tertiary/aromatic N) is 3. The zero-order chi connectivity index (χ0) is 35.6. The van der Waals surface area contributed by atoms with Crippen LogP contribution in [-0.2, 0) is 32.6 Å². The van der Waals surface area contributed by atoms with E-state index in [0.717, 1.165) is 38.8 Å². The van der Waals surface area contributed by atoms with Gasteiger partial charge in [-0.1, -0.05) is 77.8 Å². The number of sulfonamides is 1. The van der Waals surface area contributed by atoms with Crippen molar-refractivity contribution in [1.82, 2.24) is 10.2 Å². The zero-order valence-corrected chi connectivity index (χ0v) is 29.9. The minimum Gasteiger partial charge on any atom is -0.497 e. The summed E-state index contributed by atoms with van der Waals surface area (Å²) in [4.78, 5) is 40.6. The molecule has 0 unspecified atom stereocenters. The van der Waals surface area contributed by atoms with Gasteiger partial charge in [0.1, 0.15) is 18.3 Å². The number of benzene rings is 4. The summed E-state index contributed by atoms with van der Waals surface area (Å²) in [6, 6.07) is 25.3. The first-order valence-electron chi connectivity index (χ1n) is 15.7. The van der Waals surface area contributed by atoms with Gasteiger partial charge in [0.15, 0.2) is 0 Å². The van der Waals surface area contributed by atoms with Crippen LogP contribution < -0.4 is 14.4 Å². The molecular weight excluding hydrogens is 712 g/mol. The van der Waals surface area contributed by atoms with E-state index in [-0.39, 0.29) is 40.7 Å². The van der Waals surface area contributed by atoms with Crippen LogP contribution >= 0.6 is 15.9 Å². The summed E-state index contributed by atoms with van der Waals surface area (Å²) in [5.74, 6) is -0.548. The van der Waals surface area contributed by atoms with Gasteiger partial charge in [0.05, 0.1) is 22.6 Å². The van der Waals surface area contributed by atoms with Crippen LogP contribution in [0.5, 0.6) is 5.75 Å². The zero-order valence-electron chi connectivity index (χ0n) is 27.5. The van der Waals surface area contributed by atoms with Crippen LogP contribution in [0.3, 0.4) is 0 Å². The van der Waals surface area contributed by atoms with Gasteiger partial charge >= 0.3 is 0 Å². The number of halogens is 1. The number of nitrogens with one attached hydrogen (secondary N) is 1. The highest BCUT2D eigenvalue weighted by Gasteiger charge is 2.35. The number of hydrogen-bond donors (Lipinski definition) is 1. The number of nitro benzene ring substituents is 1. The van der Waals surface area contributed by atoms with Gasteiger partial charge in [-0.15, -0.1) is 0 Å². The summed E-state index contributed by atoms with van der Waals surface area (Å²) in [7, 11) is -3.07. The number of anilines is 1. The molecular formula is C36H39BrN4O7S. The molecule has 1 N–H and O–H groups in total. The number of amides is 2. The molecule has 11 nitrogen and oxygen atoms in total. The number of methoxy groups -OCH3 is 1. The van der Waals surface area contributed by atoms with E-state index >= 15 is 0 Å². The Morgan fingerprint density at radius 1 is 0.959 bits per heavy atom. The lowest BCUT2D eigenvalue weighted by atomic mass is 10.0. The summed E-state index contributed by atoms with van der Waals surface area (Å²) in [6.07, 6.45) is 1.79. The van der Waals surface area contributed by atoms with E-state index in [4.69, 9.17) is 4.74 Å². The Labute approximate surface area is 295 Å². The molecule has 0 aromatic heterocycles. The quantitative estimate of drug-likeness (QED) is 0.0792. The number of carbonyl (C=O) groups is 2. The topological polar surface area (TPSA) is 139 Å². The highest BCUT2D eigenvalue weighted by atomic mass is 79.9. The van der Waals surface area contributed by atoms with E-state index in [2.05, 4.69) is 21.2 Å². The molecule has 4 aromatic carbocycles. The third-order valence-corrected chi connectivity index (χ3v) is 10.3. The summed E-state index contributed by atoms with van der Waals surface area (Å²) in [6.45, 7) is 3.25. The number of unbranched alkanes of at least 4 members (excludes halogenated alkanes) is 1. The van der Waals surface area contributed by atoms with Gasteiger partial charge in [-0.05, 0) is 66.9 Å². The van der Waals surface area contributed by atoms with E-state index in [1.54, 1.807) is 12.1 Å². The van der Waals surface area contributed by atoms with Crippen LogP contribution in [0.1, 0.15) is 36.5 Å². The maximum Gasteiger partial charge on any atom is 0.273 e. The third-order valence-electron chi connectivity index (χ3n) is 7.97. The molecule has 1 atom stereocenters. The first-order chi connectivity index (χ1) is 23.4. The van der Waals surface area contributed by atoms with Gasteiger partial charge < -0.3 is 15.0 Å². The fraction of sp³-hybridized carbons (Fsp3) is 0.278. The average Bonchev–Trinajstić information content (AvgIpc) is 3.10. The summed E-state index contributed by atoms with van der Waals surface area (Å²) in [5.41, 5.74) is 1.59. The molecule has 2 amide bonds. The van der Waals surface area contributed by atoms with Crippen LogP contribution in [0.4, 0.5) is 11.4 Å². The van der Waals surface area contributed by atoms with E-state index < -0.39 is 33.4 Å². The molecule has 0 spiro atoms. The molecule has 13 heteroatoms. The Hall–Kier alpha value is -4.75. The largest absolute Gasteiger partial charge is 0.497 e. The number of hydrogen-bond acceptors (Lipinski definition) is 7. The monoisotopic (exact) mass is 750 g/mol. The first kappa shape index (κ1) is 37.1. The minimum absolute atomic E-state index is 0.0112. The number of rotatable bonds is 16. The average molecular weight is 752 g/mol. The molecule has 49 heavy (non-hydrogen) atoms. The van der Waals surface area contributed by atoms with Crippen LogP contribution in [0.2, 0.25) is 0 Å². The molecule has 258 valence electrons. The second-order valence-electron chi connectivity index (χ2n) is 11.4. The van der Waals surface area contributed by atoms with Gasteiger partial charge in [0.2, 0.25) is 11.8 Å². The fourth-order valence-corrected chi connectivity index (χ4v) is 6.90. The second-order valence-corrected chi connectivity index (χ2v) is 14.2. The van der Waals surface area contributed by atoms with Crippen LogP contribution in [0.25, 0.3) is 0 Å². The van der Waals surface area contributed by atoms with Crippen molar-refractivity contribution in [2.45, 2.75) is 50.6 Å². The van der Waals surface area contributed by atoms with Gasteiger partial charge in [-0.3, -0.25) is 24.0 Å². The number of nitro groups is 1. The van der Waals surface area contributed by atoms with Crippen molar-refractivity contribution in [3.05, 3.63) is 128 Å². The smallest absolute Gasteiger partial charge is 0.273 e. The van der Waals surface area contributed by atoms with E-state index in [9.17, 15) is 28.1 Å². The van der Waals surface area contributed by atoms with Crippen LogP contribution in [-0.4, -0.2) is 56.3 Å². The lowest BCUT2D eigenvalue weighted by Crippen LogP contribution is -2.53. The summed E-state index contributed by atoms with van der Waals surface area (Å²) in [5, 5.41) is 14.7. The predicted octanol–water partition coefficient (Wildman–Crippen LogP) is 6.43. The lowest BCUT2D eigenvalue weighted by Gasteiger charge is -2.34. The molecule has 0 bridgehead atoms. The third kappa shape index (κ3) is 9.67. The van der Waals surface area contributed by atoms with E-state index in [0.29, 0.717) is 12.3 Å². The Bertz CT molecular complexity index is 1850. The maximum absolute atomic E-state index is 14.6. The Morgan fingerprint density at radius 3 is 2.24 bits per heavy atom. The van der Waals surface area contributed by atoms with E-state index in [1.807, 2.05) is 61.5 Å². The molecule has 4 rings (SSSR count). The maximum atomic E-state index is 14.6. The van der Waals surface area contributed by atoms with Crippen molar-refractivity contribution in [2.24, 2.45) is 0 Å². The molecule has 0 aliphatic heterocycles. The number of ether oxygens (including phenoxy) is 1. The molecule has 0 saturated carbocycles. The van der Waals surface area contributed by atoms with Crippen LogP contribution in [0, 0.1) is 17.0 Å². The van der Waals surface area contributed by atoms with Gasteiger partial charge in [-0.2, -0.15) is 0 Å². The molecule has 0 saturated heterocycles. The lowest BCUT2D eigenvalue weighted by molar-refractivity contribution is -0.385. The Kier molecular flexibility index (Phi) is 12.9. The Morgan fingerprint density at radius 2 is 1.63 bits per heavy atom. The van der Waals surface area contributed by atoms with Crippen LogP contribution in [0.15, 0.2) is 106 Å². The minimum atomic E-state index is -4.54. The molecule has 0 heterocycles. The summed E-state index contributed by atoms with van der Waals surface area (Å²) >= 11 is 3.43. The highest BCUT2D eigenvalue weighted by molar-refractivity contribution is 9.10. The molecule has 4 aromatic rings. The van der Waals surface area contributed by atoms with Gasteiger partial charge in [-0.25, -0.2) is 8.42 Å². The van der Waals surface area contributed by atoms with Crippen molar-refractivity contribution in [2.75, 3.05) is 24.5 Å². The molecule has 0 fully saturated rings. The highest BCUT2D eigenvalue weighted by Crippen LogP contribution is 2.30. The van der Waals surface area contributed by atoms with Gasteiger partial charge in [0.25, 0.3) is 15.7 Å². The van der Waals surface area contributed by atoms with E-state index in [1.165, 1.54) is 43.2 Å². The molecule has 0 aliphatic rings. The molecule has 0 aliphatic carbocycles. The van der Waals surface area contributed by atoms with Crippen molar-refractivity contribution < 1.29 is 27.7 Å². The van der Waals surface area contributed by atoms with Crippen molar-refractivity contribution in [1.29, 1.82) is 0 Å². The number of carbonyl (C=O) groups excluding carboxylic acids is 2. The normalized spacial score (nSPS) is 11.8. The molecule has 0 radical (unpaired) electrons. The second kappa shape index (κ2) is 17.1. The van der Waals surface area contributed by atoms with Gasteiger partial charge in [0, 0.05) is 35.6 Å². The Balaban J connectivity index is 1.82. The van der Waals surface area contributed by atoms with Crippen molar-refractivity contribution in [3.8, 4) is 5.75 Å².